The number of aromatic nitrogens is 1. The van der Waals surface area contributed by atoms with Gasteiger partial charge in [0.1, 0.15) is 11.3 Å². The lowest BCUT2D eigenvalue weighted by Crippen LogP contribution is -1.66. The van der Waals surface area contributed by atoms with Crippen molar-refractivity contribution in [3.05, 3.63) is 36.2 Å². The number of benzene rings is 1. The normalized spacial score (nSPS) is 11.5. The first-order chi connectivity index (χ1) is 6.33. The van der Waals surface area contributed by atoms with Crippen molar-refractivity contribution in [2.24, 2.45) is 0 Å². The van der Waals surface area contributed by atoms with Crippen molar-refractivity contribution in [2.45, 2.75) is 6.92 Å². The molecule has 13 heavy (non-hydrogen) atoms. The number of fused-ring (bicyclic) bond motifs is 2. The molecule has 0 amide bonds. The van der Waals surface area contributed by atoms with Crippen LogP contribution < -0.4 is 0 Å². The Morgan fingerprint density at radius 1 is 1.15 bits per heavy atom. The van der Waals surface area contributed by atoms with Gasteiger partial charge in [-0.25, -0.2) is 0 Å². The third-order valence-electron chi connectivity index (χ3n) is 2.31. The van der Waals surface area contributed by atoms with Crippen molar-refractivity contribution in [2.75, 3.05) is 0 Å². The van der Waals surface area contributed by atoms with Crippen molar-refractivity contribution < 1.29 is 4.42 Å². The Balaban J connectivity index is 2.54. The van der Waals surface area contributed by atoms with Gasteiger partial charge in [0.05, 0.1) is 0 Å². The van der Waals surface area contributed by atoms with Gasteiger partial charge in [0.2, 0.25) is 0 Å². The van der Waals surface area contributed by atoms with Crippen molar-refractivity contribution in [1.29, 1.82) is 0 Å². The van der Waals surface area contributed by atoms with Crippen LogP contribution in [0, 0.1) is 6.92 Å². The second-order valence-electron chi connectivity index (χ2n) is 3.31. The van der Waals surface area contributed by atoms with Gasteiger partial charge in [-0.1, -0.05) is 0 Å². The first-order valence-electron chi connectivity index (χ1n) is 4.30. The zero-order chi connectivity index (χ0) is 8.84. The van der Waals surface area contributed by atoms with Crippen LogP contribution in [-0.2, 0) is 0 Å². The molecule has 1 N–H and O–H groups in total. The number of aryl methyl sites for hydroxylation is 1. The molecule has 2 aromatic heterocycles. The van der Waals surface area contributed by atoms with E-state index in [2.05, 4.69) is 23.2 Å². The Kier molecular flexibility index (Phi) is 1.13. The zero-order valence-electron chi connectivity index (χ0n) is 7.29. The van der Waals surface area contributed by atoms with E-state index in [9.17, 15) is 0 Å². The smallest absolute Gasteiger partial charge is 0.136 e. The Morgan fingerprint density at radius 2 is 2.08 bits per heavy atom. The number of rotatable bonds is 0. The average Bonchev–Trinajstić information content (AvgIpc) is 2.63. The number of hydrogen-bond acceptors (Lipinski definition) is 1. The van der Waals surface area contributed by atoms with E-state index in [1.807, 2.05) is 19.2 Å². The van der Waals surface area contributed by atoms with Gasteiger partial charge in [-0.3, -0.25) is 0 Å². The molecule has 64 valence electrons. The van der Waals surface area contributed by atoms with Gasteiger partial charge < -0.3 is 9.40 Å². The summed E-state index contributed by atoms with van der Waals surface area (Å²) in [5.74, 6) is 0.961. The highest BCUT2D eigenvalue weighted by molar-refractivity contribution is 5.94. The van der Waals surface area contributed by atoms with Gasteiger partial charge in [-0.15, -0.1) is 0 Å². The minimum atomic E-state index is 0.951. The van der Waals surface area contributed by atoms with Crippen molar-refractivity contribution >= 4 is 21.9 Å². The fraction of sp³-hybridized carbons (Fsp3) is 0.0909. The average molecular weight is 171 g/mol. The summed E-state index contributed by atoms with van der Waals surface area (Å²) in [5.41, 5.74) is 2.08. The highest BCUT2D eigenvalue weighted by Gasteiger charge is 2.02. The van der Waals surface area contributed by atoms with Gasteiger partial charge in [0.15, 0.2) is 0 Å². The number of nitrogens with one attached hydrogen (secondary N) is 1. The van der Waals surface area contributed by atoms with E-state index in [0.29, 0.717) is 0 Å². The first-order valence-corrected chi connectivity index (χ1v) is 4.30. The second-order valence-corrected chi connectivity index (χ2v) is 3.31. The van der Waals surface area contributed by atoms with Gasteiger partial charge >= 0.3 is 0 Å². The third kappa shape index (κ3) is 0.886. The molecule has 0 saturated carbocycles. The SMILES string of the molecule is Cc1cc2cc3cc[nH]c3cc2o1. The van der Waals surface area contributed by atoms with E-state index >= 15 is 0 Å². The predicted molar refractivity (Wildman–Crippen MR) is 52.8 cm³/mol. The molecule has 0 aliphatic carbocycles. The lowest BCUT2D eigenvalue weighted by molar-refractivity contribution is 0.579. The maximum absolute atomic E-state index is 5.53. The van der Waals surface area contributed by atoms with Gasteiger partial charge in [-0.05, 0) is 25.1 Å². The lowest BCUT2D eigenvalue weighted by Gasteiger charge is -1.89. The molecule has 0 radical (unpaired) electrons. The van der Waals surface area contributed by atoms with Crippen LogP contribution in [0.25, 0.3) is 21.9 Å². The lowest BCUT2D eigenvalue weighted by atomic mass is 10.2. The third-order valence-corrected chi connectivity index (χ3v) is 2.31. The monoisotopic (exact) mass is 171 g/mol. The second kappa shape index (κ2) is 2.16. The maximum Gasteiger partial charge on any atom is 0.136 e. The van der Waals surface area contributed by atoms with Crippen molar-refractivity contribution in [1.82, 2.24) is 4.98 Å². The van der Waals surface area contributed by atoms with Crippen LogP contribution in [0.2, 0.25) is 0 Å². The van der Waals surface area contributed by atoms with Crippen LogP contribution in [0.4, 0.5) is 0 Å². The van der Waals surface area contributed by atoms with Crippen molar-refractivity contribution in [3.8, 4) is 0 Å². The standard InChI is InChI=1S/C11H9NO/c1-7-4-9-5-8-2-3-12-10(8)6-11(9)13-7/h2-6,12H,1H3. The molecule has 0 atom stereocenters. The summed E-state index contributed by atoms with van der Waals surface area (Å²) < 4.78 is 5.53. The molecule has 2 heteroatoms. The topological polar surface area (TPSA) is 28.9 Å². The van der Waals surface area contributed by atoms with Crippen LogP contribution in [0.5, 0.6) is 0 Å². The zero-order valence-corrected chi connectivity index (χ0v) is 7.29. The maximum atomic E-state index is 5.53. The molecule has 0 unspecified atom stereocenters. The van der Waals surface area contributed by atoms with Crippen LogP contribution in [0.3, 0.4) is 0 Å². The van der Waals surface area contributed by atoms with Crippen molar-refractivity contribution in [3.63, 3.8) is 0 Å². The van der Waals surface area contributed by atoms with Gasteiger partial charge in [0.25, 0.3) is 0 Å². The Morgan fingerprint density at radius 3 is 3.00 bits per heavy atom. The number of aromatic amines is 1. The summed E-state index contributed by atoms with van der Waals surface area (Å²) >= 11 is 0. The first kappa shape index (κ1) is 6.78. The Bertz CT molecular complexity index is 526. The van der Waals surface area contributed by atoms with E-state index in [1.54, 1.807) is 0 Å². The quantitative estimate of drug-likeness (QED) is 0.552. The summed E-state index contributed by atoms with van der Waals surface area (Å²) in [4.78, 5) is 3.16. The van der Waals surface area contributed by atoms with E-state index in [-0.39, 0.29) is 0 Å². The molecule has 3 rings (SSSR count). The molecule has 0 saturated heterocycles. The minimum absolute atomic E-state index is 0.951. The minimum Gasteiger partial charge on any atom is -0.461 e. The van der Waals surface area contributed by atoms with Crippen LogP contribution in [0.1, 0.15) is 5.76 Å². The van der Waals surface area contributed by atoms with E-state index in [0.717, 1.165) is 16.9 Å². The fourth-order valence-corrected chi connectivity index (χ4v) is 1.72. The van der Waals surface area contributed by atoms with E-state index in [4.69, 9.17) is 4.42 Å². The summed E-state index contributed by atoms with van der Waals surface area (Å²) in [6.45, 7) is 1.97. The molecule has 0 fully saturated rings. The summed E-state index contributed by atoms with van der Waals surface area (Å²) in [6.07, 6.45) is 1.94. The molecule has 0 spiro atoms. The molecular weight excluding hydrogens is 162 g/mol. The summed E-state index contributed by atoms with van der Waals surface area (Å²) in [5, 5.41) is 2.40. The molecular formula is C11H9NO. The fourth-order valence-electron chi connectivity index (χ4n) is 1.72. The van der Waals surface area contributed by atoms with Crippen LogP contribution in [0.15, 0.2) is 34.9 Å². The molecule has 0 aliphatic heterocycles. The van der Waals surface area contributed by atoms with E-state index < -0.39 is 0 Å². The molecule has 0 bridgehead atoms. The molecule has 2 heterocycles. The summed E-state index contributed by atoms with van der Waals surface area (Å²) in [7, 11) is 0. The summed E-state index contributed by atoms with van der Waals surface area (Å²) in [6, 6.07) is 8.30. The highest BCUT2D eigenvalue weighted by atomic mass is 16.3. The molecule has 1 aromatic carbocycles. The van der Waals surface area contributed by atoms with Gasteiger partial charge in [-0.2, -0.15) is 0 Å². The Labute approximate surface area is 75.2 Å². The predicted octanol–water partition coefficient (Wildman–Crippen LogP) is 3.22. The van der Waals surface area contributed by atoms with Crippen LogP contribution in [-0.4, -0.2) is 4.98 Å². The highest BCUT2D eigenvalue weighted by Crippen LogP contribution is 2.24. The number of H-pyrrole nitrogens is 1. The van der Waals surface area contributed by atoms with Gasteiger partial charge in [0, 0.05) is 28.6 Å². The van der Waals surface area contributed by atoms with Crippen LogP contribution >= 0.6 is 0 Å². The number of hydrogen-bond donors (Lipinski definition) is 1. The van der Waals surface area contributed by atoms with E-state index in [1.165, 1.54) is 10.8 Å². The number of furan rings is 1. The molecule has 3 aromatic rings. The molecule has 0 aliphatic rings. The Hall–Kier alpha value is -1.70. The molecule has 2 nitrogen and oxygen atoms in total. The largest absolute Gasteiger partial charge is 0.461 e.